The van der Waals surface area contributed by atoms with Crippen LogP contribution < -0.4 is 5.56 Å². The molecule has 0 bridgehead atoms. The van der Waals surface area contributed by atoms with Crippen LogP contribution in [0.3, 0.4) is 0 Å². The number of pyridine rings is 1. The summed E-state index contributed by atoms with van der Waals surface area (Å²) in [7, 11) is 0. The summed E-state index contributed by atoms with van der Waals surface area (Å²) in [4.78, 5) is 13.7. The fourth-order valence-electron chi connectivity index (χ4n) is 1.13. The predicted octanol–water partition coefficient (Wildman–Crippen LogP) is 3.19. The first-order chi connectivity index (χ1) is 7.11. The molecular weight excluding hydrogens is 186 g/mol. The summed E-state index contributed by atoms with van der Waals surface area (Å²) in [5.41, 5.74) is -0.0249. The van der Waals surface area contributed by atoms with Crippen molar-refractivity contribution >= 4 is 10.8 Å². The van der Waals surface area contributed by atoms with E-state index in [1.165, 1.54) is 0 Å². The summed E-state index contributed by atoms with van der Waals surface area (Å²) >= 11 is 0. The van der Waals surface area contributed by atoms with Gasteiger partial charge in [0.2, 0.25) is 0 Å². The standard InChI is InChI=1S/C9H7NO.C4H10/c11-9-8-4-2-1-3-7(8)5-6-10-9;1-4(2)3/h1-6H,(H,10,11);4H,1-3H3. The van der Waals surface area contributed by atoms with Gasteiger partial charge in [0.1, 0.15) is 0 Å². The molecule has 0 aliphatic carbocycles. The Morgan fingerprint density at radius 2 is 1.67 bits per heavy atom. The Bertz CT molecular complexity index is 463. The lowest BCUT2D eigenvalue weighted by atomic mass is 10.2. The van der Waals surface area contributed by atoms with Gasteiger partial charge in [0, 0.05) is 11.6 Å². The second-order valence-corrected chi connectivity index (χ2v) is 4.13. The van der Waals surface area contributed by atoms with Crippen molar-refractivity contribution < 1.29 is 0 Å². The fourth-order valence-corrected chi connectivity index (χ4v) is 1.13. The third kappa shape index (κ3) is 3.58. The number of nitrogens with one attached hydrogen (secondary N) is 1. The average molecular weight is 203 g/mol. The fraction of sp³-hybridized carbons (Fsp3) is 0.308. The smallest absolute Gasteiger partial charge is 0.255 e. The van der Waals surface area contributed by atoms with E-state index in [4.69, 9.17) is 0 Å². The molecule has 0 saturated heterocycles. The van der Waals surface area contributed by atoms with Crippen LogP contribution in [-0.2, 0) is 0 Å². The zero-order chi connectivity index (χ0) is 11.3. The van der Waals surface area contributed by atoms with Crippen LogP contribution in [0.2, 0.25) is 0 Å². The molecule has 2 heteroatoms. The Balaban J connectivity index is 0.000000245. The first-order valence-electron chi connectivity index (χ1n) is 5.17. The van der Waals surface area contributed by atoms with E-state index in [2.05, 4.69) is 25.8 Å². The summed E-state index contributed by atoms with van der Waals surface area (Å²) in [5.74, 6) is 0.833. The quantitative estimate of drug-likeness (QED) is 0.700. The van der Waals surface area contributed by atoms with E-state index in [1.807, 2.05) is 30.3 Å². The number of benzene rings is 1. The lowest BCUT2D eigenvalue weighted by Gasteiger charge is -1.92. The molecule has 0 unspecified atom stereocenters. The van der Waals surface area contributed by atoms with E-state index in [9.17, 15) is 4.79 Å². The van der Waals surface area contributed by atoms with Gasteiger partial charge in [-0.25, -0.2) is 0 Å². The third-order valence-electron chi connectivity index (χ3n) is 1.68. The van der Waals surface area contributed by atoms with Gasteiger partial charge in [0.05, 0.1) is 0 Å². The van der Waals surface area contributed by atoms with Crippen molar-refractivity contribution in [1.29, 1.82) is 0 Å². The normalized spacial score (nSPS) is 9.87. The molecule has 2 rings (SSSR count). The Kier molecular flexibility index (Phi) is 4.10. The van der Waals surface area contributed by atoms with E-state index in [1.54, 1.807) is 6.20 Å². The highest BCUT2D eigenvalue weighted by atomic mass is 16.1. The molecule has 1 heterocycles. The molecule has 1 aromatic heterocycles. The van der Waals surface area contributed by atoms with Gasteiger partial charge < -0.3 is 4.98 Å². The zero-order valence-electron chi connectivity index (χ0n) is 9.45. The molecule has 15 heavy (non-hydrogen) atoms. The minimum absolute atomic E-state index is 0.0249. The summed E-state index contributed by atoms with van der Waals surface area (Å²) < 4.78 is 0. The maximum absolute atomic E-state index is 11.1. The molecule has 1 N–H and O–H groups in total. The highest BCUT2D eigenvalue weighted by molar-refractivity contribution is 5.80. The molecule has 0 saturated carbocycles. The van der Waals surface area contributed by atoms with Crippen LogP contribution in [0.5, 0.6) is 0 Å². The summed E-state index contributed by atoms with van der Waals surface area (Å²) in [6.07, 6.45) is 1.66. The van der Waals surface area contributed by atoms with Gasteiger partial charge in [0.15, 0.2) is 0 Å². The summed E-state index contributed by atoms with van der Waals surface area (Å²) in [6, 6.07) is 9.40. The highest BCUT2D eigenvalue weighted by Crippen LogP contribution is 2.05. The van der Waals surface area contributed by atoms with Crippen LogP contribution in [0.15, 0.2) is 41.3 Å². The topological polar surface area (TPSA) is 32.9 Å². The molecule has 0 amide bonds. The molecule has 0 fully saturated rings. The molecule has 0 radical (unpaired) electrons. The van der Waals surface area contributed by atoms with Gasteiger partial charge in [-0.1, -0.05) is 39.0 Å². The van der Waals surface area contributed by atoms with Crippen molar-refractivity contribution in [2.75, 3.05) is 0 Å². The number of hydrogen-bond donors (Lipinski definition) is 1. The highest BCUT2D eigenvalue weighted by Gasteiger charge is 1.92. The largest absolute Gasteiger partial charge is 0.329 e. The Morgan fingerprint density at radius 3 is 2.27 bits per heavy atom. The Hall–Kier alpha value is -1.57. The van der Waals surface area contributed by atoms with Crippen LogP contribution in [0.4, 0.5) is 0 Å². The summed E-state index contributed by atoms with van der Waals surface area (Å²) in [6.45, 7) is 6.50. The van der Waals surface area contributed by atoms with Crippen LogP contribution in [-0.4, -0.2) is 4.98 Å². The van der Waals surface area contributed by atoms with E-state index in [0.29, 0.717) is 0 Å². The molecule has 0 aliphatic rings. The van der Waals surface area contributed by atoms with Crippen LogP contribution in [0, 0.1) is 5.92 Å². The Morgan fingerprint density at radius 1 is 1.07 bits per heavy atom. The molecule has 2 aromatic rings. The monoisotopic (exact) mass is 203 g/mol. The van der Waals surface area contributed by atoms with Gasteiger partial charge in [-0.3, -0.25) is 4.79 Å². The Labute approximate surface area is 90.0 Å². The lowest BCUT2D eigenvalue weighted by molar-refractivity contribution is 0.737. The van der Waals surface area contributed by atoms with Crippen molar-refractivity contribution in [2.24, 2.45) is 5.92 Å². The molecule has 0 aliphatic heterocycles. The molecule has 80 valence electrons. The first kappa shape index (κ1) is 11.5. The van der Waals surface area contributed by atoms with Gasteiger partial charge in [-0.15, -0.1) is 0 Å². The molecule has 2 nitrogen and oxygen atoms in total. The molecule has 0 spiro atoms. The number of H-pyrrole nitrogens is 1. The second-order valence-electron chi connectivity index (χ2n) is 4.13. The van der Waals surface area contributed by atoms with E-state index in [0.717, 1.165) is 16.7 Å². The number of fused-ring (bicyclic) bond motifs is 1. The zero-order valence-corrected chi connectivity index (χ0v) is 9.45. The van der Waals surface area contributed by atoms with Crippen molar-refractivity contribution in [1.82, 2.24) is 4.98 Å². The van der Waals surface area contributed by atoms with Crippen molar-refractivity contribution in [3.8, 4) is 0 Å². The molecular formula is C13H17NO. The van der Waals surface area contributed by atoms with E-state index >= 15 is 0 Å². The van der Waals surface area contributed by atoms with Gasteiger partial charge in [0.25, 0.3) is 5.56 Å². The number of rotatable bonds is 0. The molecule has 0 atom stereocenters. The molecule has 1 aromatic carbocycles. The number of aromatic amines is 1. The van der Waals surface area contributed by atoms with Crippen LogP contribution >= 0.6 is 0 Å². The van der Waals surface area contributed by atoms with Gasteiger partial charge in [-0.05, 0) is 23.4 Å². The lowest BCUT2D eigenvalue weighted by Crippen LogP contribution is -2.03. The van der Waals surface area contributed by atoms with Crippen molar-refractivity contribution in [2.45, 2.75) is 20.8 Å². The van der Waals surface area contributed by atoms with Crippen molar-refractivity contribution in [3.63, 3.8) is 0 Å². The third-order valence-corrected chi connectivity index (χ3v) is 1.68. The van der Waals surface area contributed by atoms with Crippen LogP contribution in [0.25, 0.3) is 10.8 Å². The minimum atomic E-state index is -0.0249. The van der Waals surface area contributed by atoms with Crippen molar-refractivity contribution in [3.05, 3.63) is 46.9 Å². The number of aromatic nitrogens is 1. The van der Waals surface area contributed by atoms with Gasteiger partial charge >= 0.3 is 0 Å². The average Bonchev–Trinajstić information content (AvgIpc) is 2.18. The predicted molar refractivity (Wildman–Crippen MR) is 65.1 cm³/mol. The minimum Gasteiger partial charge on any atom is -0.329 e. The second kappa shape index (κ2) is 5.35. The maximum atomic E-state index is 11.1. The SMILES string of the molecule is CC(C)C.O=c1[nH]ccc2ccccc12. The maximum Gasteiger partial charge on any atom is 0.255 e. The summed E-state index contributed by atoms with van der Waals surface area (Å²) in [5, 5.41) is 1.73. The first-order valence-corrected chi connectivity index (χ1v) is 5.17. The number of hydrogen-bond acceptors (Lipinski definition) is 1. The van der Waals surface area contributed by atoms with Gasteiger partial charge in [-0.2, -0.15) is 0 Å². The van der Waals surface area contributed by atoms with Crippen LogP contribution in [0.1, 0.15) is 20.8 Å². The van der Waals surface area contributed by atoms with E-state index in [-0.39, 0.29) is 5.56 Å². The van der Waals surface area contributed by atoms with E-state index < -0.39 is 0 Å².